The summed E-state index contributed by atoms with van der Waals surface area (Å²) in [5.41, 5.74) is 0.132. The first-order valence-electron chi connectivity index (χ1n) is 8.92. The van der Waals surface area contributed by atoms with Crippen molar-refractivity contribution >= 4 is 50.1 Å². The van der Waals surface area contributed by atoms with Crippen molar-refractivity contribution in [3.8, 4) is 5.75 Å². The van der Waals surface area contributed by atoms with Gasteiger partial charge in [-0.05, 0) is 35.9 Å². The number of aromatic nitrogens is 1. The number of nitrogens with zero attached hydrogens (tertiary/aromatic N) is 3. The van der Waals surface area contributed by atoms with Crippen molar-refractivity contribution in [1.82, 2.24) is 4.68 Å². The quantitative estimate of drug-likeness (QED) is 0.451. The molecule has 0 atom stereocenters. The van der Waals surface area contributed by atoms with Crippen LogP contribution in [0.1, 0.15) is 25.8 Å². The van der Waals surface area contributed by atoms with Gasteiger partial charge in [0.1, 0.15) is 10.5 Å². The SMILES string of the molecule is CC(C)CC=Nn1c(=O)c(C2=NS(O)(O)c3ccccc3N2)c(O)c2sccc21. The van der Waals surface area contributed by atoms with E-state index in [0.717, 1.165) is 0 Å². The molecule has 0 amide bonds. The zero-order valence-corrected chi connectivity index (χ0v) is 17.4. The fourth-order valence-corrected chi connectivity index (χ4v) is 4.98. The van der Waals surface area contributed by atoms with Gasteiger partial charge in [0.15, 0.2) is 11.6 Å². The number of para-hydroxylation sites is 1. The number of pyridine rings is 1. The maximum absolute atomic E-state index is 13.2. The Bertz CT molecular complexity index is 1210. The molecule has 1 aromatic carbocycles. The number of hydrogen-bond acceptors (Lipinski definition) is 8. The molecule has 0 bridgehead atoms. The Kier molecular flexibility index (Phi) is 4.95. The first-order valence-corrected chi connectivity index (χ1v) is 11.3. The highest BCUT2D eigenvalue weighted by Gasteiger charge is 2.30. The predicted octanol–water partition coefficient (Wildman–Crippen LogP) is 4.55. The molecule has 0 radical (unpaired) electrons. The summed E-state index contributed by atoms with van der Waals surface area (Å²) in [6.07, 6.45) is 2.34. The zero-order valence-electron chi connectivity index (χ0n) is 15.7. The second-order valence-electron chi connectivity index (χ2n) is 6.98. The maximum Gasteiger partial charge on any atom is 0.286 e. The summed E-state index contributed by atoms with van der Waals surface area (Å²) in [7, 11) is -3.52. The molecule has 1 aliphatic heterocycles. The molecule has 8 nitrogen and oxygen atoms in total. The number of rotatable bonds is 4. The van der Waals surface area contributed by atoms with E-state index in [1.54, 1.807) is 41.9 Å². The molecule has 0 fully saturated rings. The Balaban J connectivity index is 1.92. The Morgan fingerprint density at radius 3 is 2.83 bits per heavy atom. The van der Waals surface area contributed by atoms with Crippen molar-refractivity contribution in [2.45, 2.75) is 25.2 Å². The van der Waals surface area contributed by atoms with Gasteiger partial charge in [0.2, 0.25) is 0 Å². The second-order valence-corrected chi connectivity index (χ2v) is 9.56. The number of amidine groups is 1. The van der Waals surface area contributed by atoms with E-state index in [0.29, 0.717) is 28.2 Å². The molecule has 10 heteroatoms. The lowest BCUT2D eigenvalue weighted by molar-refractivity contribution is 0.478. The zero-order chi connectivity index (χ0) is 20.8. The summed E-state index contributed by atoms with van der Waals surface area (Å²) in [5, 5.41) is 19.8. The molecular weight excluding hydrogens is 412 g/mol. The van der Waals surface area contributed by atoms with Crippen LogP contribution in [-0.4, -0.2) is 30.9 Å². The molecule has 152 valence electrons. The van der Waals surface area contributed by atoms with Crippen LogP contribution < -0.4 is 10.9 Å². The minimum absolute atomic E-state index is 0.102. The number of nitrogens with one attached hydrogen (secondary N) is 1. The fraction of sp³-hybridized carbons (Fsp3) is 0.211. The molecule has 0 spiro atoms. The van der Waals surface area contributed by atoms with Crippen LogP contribution in [0.15, 0.2) is 54.9 Å². The molecular formula is C19H20N4O4S2. The molecule has 29 heavy (non-hydrogen) atoms. The van der Waals surface area contributed by atoms with E-state index in [9.17, 15) is 19.0 Å². The first-order chi connectivity index (χ1) is 13.8. The van der Waals surface area contributed by atoms with Gasteiger partial charge in [-0.25, -0.2) is 0 Å². The van der Waals surface area contributed by atoms with E-state index in [1.807, 2.05) is 13.8 Å². The molecule has 4 rings (SSSR count). The van der Waals surface area contributed by atoms with E-state index in [4.69, 9.17) is 0 Å². The van der Waals surface area contributed by atoms with Gasteiger partial charge in [0.25, 0.3) is 5.56 Å². The van der Waals surface area contributed by atoms with Crippen LogP contribution in [0.5, 0.6) is 5.75 Å². The van der Waals surface area contributed by atoms with E-state index >= 15 is 0 Å². The minimum Gasteiger partial charge on any atom is -0.505 e. The smallest absolute Gasteiger partial charge is 0.286 e. The standard InChI is InChI=1S/C19H20N4O4S2/c1-11(2)7-9-20-23-13-8-10-28-17(13)16(24)15(19(23)25)18-21-12-5-3-4-6-14(12)29(26,27)22-18/h3-6,8-11,24,26-27H,7H2,1-2H3,(H,21,22). The molecule has 2 aromatic heterocycles. The summed E-state index contributed by atoms with van der Waals surface area (Å²) >= 11 is 1.26. The first kappa shape index (κ1) is 19.6. The molecule has 3 heterocycles. The van der Waals surface area contributed by atoms with E-state index in [2.05, 4.69) is 14.8 Å². The van der Waals surface area contributed by atoms with Crippen LogP contribution >= 0.6 is 22.1 Å². The van der Waals surface area contributed by atoms with Crippen molar-refractivity contribution in [2.75, 3.05) is 5.32 Å². The number of fused-ring (bicyclic) bond motifs is 2. The largest absolute Gasteiger partial charge is 0.505 e. The normalized spacial score (nSPS) is 16.7. The van der Waals surface area contributed by atoms with E-state index in [1.165, 1.54) is 16.0 Å². The van der Waals surface area contributed by atoms with Crippen molar-refractivity contribution in [3.63, 3.8) is 0 Å². The number of anilines is 1. The van der Waals surface area contributed by atoms with Crippen molar-refractivity contribution in [3.05, 3.63) is 51.6 Å². The third-order valence-corrected chi connectivity index (χ3v) is 6.69. The van der Waals surface area contributed by atoms with Crippen LogP contribution in [0.4, 0.5) is 5.69 Å². The molecule has 0 aliphatic carbocycles. The number of thiophene rings is 1. The van der Waals surface area contributed by atoms with Crippen molar-refractivity contribution in [2.24, 2.45) is 15.4 Å². The predicted molar refractivity (Wildman–Crippen MR) is 119 cm³/mol. The number of benzene rings is 1. The van der Waals surface area contributed by atoms with E-state index in [-0.39, 0.29) is 22.0 Å². The molecule has 0 saturated carbocycles. The highest BCUT2D eigenvalue weighted by Crippen LogP contribution is 2.55. The molecule has 4 N–H and O–H groups in total. The second kappa shape index (κ2) is 7.30. The van der Waals surface area contributed by atoms with Crippen LogP contribution in [0.25, 0.3) is 10.2 Å². The van der Waals surface area contributed by atoms with Crippen LogP contribution in [-0.2, 0) is 0 Å². The van der Waals surface area contributed by atoms with Crippen molar-refractivity contribution < 1.29 is 14.2 Å². The van der Waals surface area contributed by atoms with Gasteiger partial charge < -0.3 is 10.4 Å². The van der Waals surface area contributed by atoms with Gasteiger partial charge in [0, 0.05) is 6.21 Å². The Morgan fingerprint density at radius 2 is 2.07 bits per heavy atom. The molecule has 0 saturated heterocycles. The number of aromatic hydroxyl groups is 1. The molecule has 1 aliphatic rings. The molecule has 3 aromatic rings. The number of hydrogen-bond donors (Lipinski definition) is 4. The summed E-state index contributed by atoms with van der Waals surface area (Å²) in [6.45, 7) is 4.08. The van der Waals surface area contributed by atoms with Gasteiger partial charge in [-0.3, -0.25) is 13.9 Å². The lowest BCUT2D eigenvalue weighted by Gasteiger charge is -2.34. The summed E-state index contributed by atoms with van der Waals surface area (Å²) in [5.74, 6) is 0.00309. The average Bonchev–Trinajstić information content (AvgIpc) is 3.14. The minimum atomic E-state index is -3.52. The topological polar surface area (TPSA) is 119 Å². The fourth-order valence-electron chi connectivity index (χ4n) is 2.99. The van der Waals surface area contributed by atoms with Crippen molar-refractivity contribution in [1.29, 1.82) is 0 Å². The maximum atomic E-state index is 13.2. The van der Waals surface area contributed by atoms with Crippen LogP contribution in [0, 0.1) is 5.92 Å². The Labute approximate surface area is 172 Å². The van der Waals surface area contributed by atoms with Crippen LogP contribution in [0.2, 0.25) is 0 Å². The summed E-state index contributed by atoms with van der Waals surface area (Å²) < 4.78 is 26.6. The average molecular weight is 433 g/mol. The van der Waals surface area contributed by atoms with Gasteiger partial charge in [-0.2, -0.15) is 9.78 Å². The van der Waals surface area contributed by atoms with Gasteiger partial charge >= 0.3 is 0 Å². The highest BCUT2D eigenvalue weighted by molar-refractivity contribution is 8.23. The molecule has 0 unspecified atom stereocenters. The lowest BCUT2D eigenvalue weighted by atomic mass is 10.2. The summed E-state index contributed by atoms with van der Waals surface area (Å²) in [4.78, 5) is 13.5. The Hall–Kier alpha value is -2.66. The Morgan fingerprint density at radius 1 is 1.31 bits per heavy atom. The monoisotopic (exact) mass is 432 g/mol. The summed E-state index contributed by atoms with van der Waals surface area (Å²) in [6, 6.07) is 8.30. The third kappa shape index (κ3) is 3.44. The lowest BCUT2D eigenvalue weighted by Crippen LogP contribution is -2.30. The third-order valence-electron chi connectivity index (χ3n) is 4.40. The van der Waals surface area contributed by atoms with Gasteiger partial charge in [-0.15, -0.1) is 15.7 Å². The van der Waals surface area contributed by atoms with Gasteiger partial charge in [0.05, 0.1) is 15.9 Å². The highest BCUT2D eigenvalue weighted by atomic mass is 32.3. The van der Waals surface area contributed by atoms with Gasteiger partial charge in [-0.1, -0.05) is 36.8 Å². The van der Waals surface area contributed by atoms with E-state index < -0.39 is 16.3 Å². The van der Waals surface area contributed by atoms with Crippen LogP contribution in [0.3, 0.4) is 0 Å².